The van der Waals surface area contributed by atoms with Crippen molar-refractivity contribution in [2.75, 3.05) is 13.1 Å². The standard InChI is InChI=1S/C9H17NO2/c1-3-4-5-6-10(8-11)7-9(2)12/h8H,3-7H2,1-2H3. The van der Waals surface area contributed by atoms with Crippen LogP contribution in [0.4, 0.5) is 0 Å². The molecule has 0 aliphatic rings. The fourth-order valence-electron chi connectivity index (χ4n) is 1.02. The molecule has 0 spiro atoms. The van der Waals surface area contributed by atoms with Gasteiger partial charge in [0.2, 0.25) is 6.41 Å². The van der Waals surface area contributed by atoms with E-state index in [0.717, 1.165) is 25.7 Å². The van der Waals surface area contributed by atoms with Crippen molar-refractivity contribution in [3.05, 3.63) is 0 Å². The van der Waals surface area contributed by atoms with Gasteiger partial charge in [-0.2, -0.15) is 0 Å². The van der Waals surface area contributed by atoms with Crippen molar-refractivity contribution in [1.29, 1.82) is 0 Å². The molecule has 0 aromatic heterocycles. The zero-order chi connectivity index (χ0) is 9.40. The Morgan fingerprint density at radius 3 is 2.50 bits per heavy atom. The minimum Gasteiger partial charge on any atom is -0.338 e. The number of hydrogen-bond donors (Lipinski definition) is 0. The Hall–Kier alpha value is -0.860. The van der Waals surface area contributed by atoms with E-state index in [9.17, 15) is 9.59 Å². The molecule has 70 valence electrons. The molecule has 0 unspecified atom stereocenters. The third-order valence-electron chi connectivity index (χ3n) is 1.62. The van der Waals surface area contributed by atoms with Gasteiger partial charge in [-0.1, -0.05) is 19.8 Å². The van der Waals surface area contributed by atoms with Crippen LogP contribution in [0.15, 0.2) is 0 Å². The van der Waals surface area contributed by atoms with Gasteiger partial charge in [-0.05, 0) is 13.3 Å². The van der Waals surface area contributed by atoms with E-state index in [1.807, 2.05) is 0 Å². The van der Waals surface area contributed by atoms with Crippen molar-refractivity contribution < 1.29 is 9.59 Å². The Labute approximate surface area is 73.7 Å². The summed E-state index contributed by atoms with van der Waals surface area (Å²) in [6, 6.07) is 0. The lowest BCUT2D eigenvalue weighted by Crippen LogP contribution is -2.28. The van der Waals surface area contributed by atoms with Crippen LogP contribution in [0.1, 0.15) is 33.1 Å². The molecule has 0 fully saturated rings. The minimum absolute atomic E-state index is 0.0404. The van der Waals surface area contributed by atoms with E-state index >= 15 is 0 Å². The van der Waals surface area contributed by atoms with Gasteiger partial charge in [-0.25, -0.2) is 0 Å². The molecule has 3 heteroatoms. The molecule has 0 aromatic rings. The third-order valence-corrected chi connectivity index (χ3v) is 1.62. The Bertz CT molecular complexity index is 145. The van der Waals surface area contributed by atoms with Gasteiger partial charge in [-0.3, -0.25) is 9.59 Å². The summed E-state index contributed by atoms with van der Waals surface area (Å²) >= 11 is 0. The van der Waals surface area contributed by atoms with Crippen molar-refractivity contribution in [3.63, 3.8) is 0 Å². The number of hydrogen-bond acceptors (Lipinski definition) is 2. The topological polar surface area (TPSA) is 37.4 Å². The highest BCUT2D eigenvalue weighted by atomic mass is 16.1. The molecular formula is C9H17NO2. The molecule has 0 saturated heterocycles. The number of unbranched alkanes of at least 4 members (excludes halogenated alkanes) is 2. The highest BCUT2D eigenvalue weighted by molar-refractivity contribution is 5.79. The monoisotopic (exact) mass is 171 g/mol. The van der Waals surface area contributed by atoms with E-state index < -0.39 is 0 Å². The normalized spacial score (nSPS) is 9.50. The molecule has 0 aromatic carbocycles. The maximum atomic E-state index is 10.6. The fourth-order valence-corrected chi connectivity index (χ4v) is 1.02. The molecule has 0 atom stereocenters. The van der Waals surface area contributed by atoms with E-state index in [1.165, 1.54) is 11.8 Å². The highest BCUT2D eigenvalue weighted by Crippen LogP contribution is 1.96. The van der Waals surface area contributed by atoms with Gasteiger partial charge in [-0.15, -0.1) is 0 Å². The van der Waals surface area contributed by atoms with E-state index in [2.05, 4.69) is 6.92 Å². The Kier molecular flexibility index (Phi) is 6.34. The van der Waals surface area contributed by atoms with Crippen LogP contribution in [-0.2, 0) is 9.59 Å². The Morgan fingerprint density at radius 1 is 1.42 bits per heavy atom. The number of amides is 1. The maximum absolute atomic E-state index is 10.6. The van der Waals surface area contributed by atoms with Crippen LogP contribution in [-0.4, -0.2) is 30.2 Å². The molecule has 0 radical (unpaired) electrons. The lowest BCUT2D eigenvalue weighted by atomic mass is 10.2. The van der Waals surface area contributed by atoms with Gasteiger partial charge >= 0.3 is 0 Å². The number of rotatable bonds is 7. The molecule has 3 nitrogen and oxygen atoms in total. The highest BCUT2D eigenvalue weighted by Gasteiger charge is 2.02. The first kappa shape index (κ1) is 11.1. The van der Waals surface area contributed by atoms with Crippen molar-refractivity contribution in [3.8, 4) is 0 Å². The summed E-state index contributed by atoms with van der Waals surface area (Å²) in [7, 11) is 0. The first-order valence-electron chi connectivity index (χ1n) is 4.39. The number of Topliss-reactive ketones (excluding diaryl/α,β-unsaturated/α-hetero) is 1. The summed E-state index contributed by atoms with van der Waals surface area (Å²) in [4.78, 5) is 22.6. The molecule has 12 heavy (non-hydrogen) atoms. The Morgan fingerprint density at radius 2 is 2.08 bits per heavy atom. The summed E-state index contributed by atoms with van der Waals surface area (Å²) < 4.78 is 0. The van der Waals surface area contributed by atoms with Gasteiger partial charge in [0.15, 0.2) is 0 Å². The van der Waals surface area contributed by atoms with Crippen LogP contribution in [0.2, 0.25) is 0 Å². The average Bonchev–Trinajstić information content (AvgIpc) is 2.02. The smallest absolute Gasteiger partial charge is 0.210 e. The van der Waals surface area contributed by atoms with Crippen molar-refractivity contribution >= 4 is 12.2 Å². The van der Waals surface area contributed by atoms with Crippen LogP contribution >= 0.6 is 0 Å². The number of ketones is 1. The fraction of sp³-hybridized carbons (Fsp3) is 0.778. The molecule has 0 rings (SSSR count). The predicted molar refractivity (Wildman–Crippen MR) is 47.8 cm³/mol. The molecule has 0 heterocycles. The molecule has 0 bridgehead atoms. The van der Waals surface area contributed by atoms with E-state index in [0.29, 0.717) is 6.54 Å². The van der Waals surface area contributed by atoms with E-state index in [-0.39, 0.29) is 12.3 Å². The maximum Gasteiger partial charge on any atom is 0.210 e. The first-order chi connectivity index (χ1) is 5.70. The van der Waals surface area contributed by atoms with Gasteiger partial charge in [0.05, 0.1) is 6.54 Å². The van der Waals surface area contributed by atoms with Crippen LogP contribution in [0, 0.1) is 0 Å². The van der Waals surface area contributed by atoms with Gasteiger partial charge < -0.3 is 4.90 Å². The zero-order valence-electron chi connectivity index (χ0n) is 7.88. The quantitative estimate of drug-likeness (QED) is 0.426. The van der Waals surface area contributed by atoms with Crippen molar-refractivity contribution in [2.24, 2.45) is 0 Å². The van der Waals surface area contributed by atoms with E-state index in [4.69, 9.17) is 0 Å². The number of carbonyl (C=O) groups excluding carboxylic acids is 2. The summed E-state index contributed by atoms with van der Waals surface area (Å²) in [5.74, 6) is 0.0404. The van der Waals surface area contributed by atoms with Gasteiger partial charge in [0.25, 0.3) is 0 Å². The lowest BCUT2D eigenvalue weighted by Gasteiger charge is -2.14. The second-order valence-corrected chi connectivity index (χ2v) is 2.99. The molecular weight excluding hydrogens is 154 g/mol. The van der Waals surface area contributed by atoms with Gasteiger partial charge in [0, 0.05) is 6.54 Å². The number of nitrogens with zero attached hydrogens (tertiary/aromatic N) is 1. The van der Waals surface area contributed by atoms with Crippen LogP contribution in [0.3, 0.4) is 0 Å². The van der Waals surface area contributed by atoms with Crippen LogP contribution in [0.5, 0.6) is 0 Å². The summed E-state index contributed by atoms with van der Waals surface area (Å²) in [6.07, 6.45) is 3.98. The minimum atomic E-state index is 0.0404. The van der Waals surface area contributed by atoms with Crippen LogP contribution in [0.25, 0.3) is 0 Å². The number of carbonyl (C=O) groups is 2. The predicted octanol–water partition coefficient (Wildman–Crippen LogP) is 1.22. The lowest BCUT2D eigenvalue weighted by molar-refractivity contribution is -0.125. The van der Waals surface area contributed by atoms with E-state index in [1.54, 1.807) is 0 Å². The summed E-state index contributed by atoms with van der Waals surface area (Å²) in [5, 5.41) is 0. The second-order valence-electron chi connectivity index (χ2n) is 2.99. The van der Waals surface area contributed by atoms with Crippen molar-refractivity contribution in [1.82, 2.24) is 4.90 Å². The largest absolute Gasteiger partial charge is 0.338 e. The van der Waals surface area contributed by atoms with Gasteiger partial charge in [0.1, 0.15) is 5.78 Å². The van der Waals surface area contributed by atoms with Crippen LogP contribution < -0.4 is 0 Å². The third kappa shape index (κ3) is 5.89. The molecule has 0 N–H and O–H groups in total. The van der Waals surface area contributed by atoms with Crippen molar-refractivity contribution in [2.45, 2.75) is 33.1 Å². The molecule has 0 saturated carbocycles. The SMILES string of the molecule is CCCCCN(C=O)CC(C)=O. The molecule has 0 aliphatic carbocycles. The first-order valence-corrected chi connectivity index (χ1v) is 4.39. The summed E-state index contributed by atoms with van der Waals surface area (Å²) in [5.41, 5.74) is 0. The summed E-state index contributed by atoms with van der Waals surface area (Å²) in [6.45, 7) is 4.57. The average molecular weight is 171 g/mol. The second kappa shape index (κ2) is 6.83. The molecule has 0 aliphatic heterocycles. The Balaban J connectivity index is 3.53. The molecule has 1 amide bonds. The zero-order valence-corrected chi connectivity index (χ0v) is 7.88.